The van der Waals surface area contributed by atoms with Crippen molar-refractivity contribution in [2.45, 2.75) is 69.7 Å². The van der Waals surface area contributed by atoms with Crippen LogP contribution in [0.2, 0.25) is 0 Å². The number of rotatable bonds is 7. The fourth-order valence-corrected chi connectivity index (χ4v) is 3.55. The predicted molar refractivity (Wildman–Crippen MR) is 79.7 cm³/mol. The molecule has 1 atom stereocenters. The second-order valence-corrected chi connectivity index (χ2v) is 7.16. The molecule has 0 aromatic rings. The van der Waals surface area contributed by atoms with E-state index in [0.717, 1.165) is 32.1 Å². The van der Waals surface area contributed by atoms with E-state index in [-0.39, 0.29) is 0 Å². The molecule has 3 nitrogen and oxygen atoms in total. The summed E-state index contributed by atoms with van der Waals surface area (Å²) in [6.45, 7) is 3.57. The first kappa shape index (κ1) is 19.1. The Balaban J connectivity index is 2.70. The smallest absolute Gasteiger partial charge is 0.449 e. The molecule has 0 bridgehead atoms. The minimum atomic E-state index is -5.08. The Bertz CT molecular complexity index is 471. The van der Waals surface area contributed by atoms with Gasteiger partial charge in [-0.3, -0.25) is 9.59 Å². The number of carbonyl (C=O) groups excluding carboxylic acids is 2. The Morgan fingerprint density at radius 3 is 2.23 bits per heavy atom. The van der Waals surface area contributed by atoms with Crippen LogP contribution in [0.5, 0.6) is 0 Å². The molecule has 0 saturated carbocycles. The molecular formula is C15H21F3O3S. The van der Waals surface area contributed by atoms with Gasteiger partial charge in [-0.15, -0.1) is 0 Å². The van der Waals surface area contributed by atoms with Crippen LogP contribution in [0.3, 0.4) is 0 Å². The standard InChI is InChI=1S/C15H21F3O3S/c1-3-4-5-6-7-8-9-14(2)11(19)10(13(21)22-14)12(20)15(16,17)18/h20H,3-9H2,1-2H3/b12-10+/t14-/m1/s1. The lowest BCUT2D eigenvalue weighted by atomic mass is 9.93. The number of halogens is 3. The predicted octanol–water partition coefficient (Wildman–Crippen LogP) is 4.71. The van der Waals surface area contributed by atoms with Crippen LogP contribution in [0, 0.1) is 0 Å². The van der Waals surface area contributed by atoms with Gasteiger partial charge in [0, 0.05) is 0 Å². The highest BCUT2D eigenvalue weighted by atomic mass is 32.2. The Morgan fingerprint density at radius 1 is 1.14 bits per heavy atom. The number of aliphatic hydroxyl groups is 1. The zero-order valence-electron chi connectivity index (χ0n) is 12.8. The number of ketones is 1. The van der Waals surface area contributed by atoms with E-state index < -0.39 is 33.2 Å². The zero-order valence-corrected chi connectivity index (χ0v) is 13.6. The van der Waals surface area contributed by atoms with Crippen LogP contribution in [0.1, 0.15) is 58.8 Å². The Morgan fingerprint density at radius 2 is 1.68 bits per heavy atom. The van der Waals surface area contributed by atoms with E-state index in [4.69, 9.17) is 5.11 Å². The quantitative estimate of drug-likeness (QED) is 0.316. The van der Waals surface area contributed by atoms with Crippen LogP contribution in [0.15, 0.2) is 11.3 Å². The number of hydrogen-bond acceptors (Lipinski definition) is 4. The maximum atomic E-state index is 12.5. The molecule has 0 radical (unpaired) electrons. The number of allylic oxidation sites excluding steroid dienone is 1. The van der Waals surface area contributed by atoms with Gasteiger partial charge in [0.25, 0.3) is 0 Å². The Labute approximate surface area is 132 Å². The van der Waals surface area contributed by atoms with Crippen molar-refractivity contribution in [1.82, 2.24) is 0 Å². The molecule has 1 N–H and O–H groups in total. The first-order valence-corrected chi connectivity index (χ1v) is 8.23. The van der Waals surface area contributed by atoms with Gasteiger partial charge in [0.2, 0.25) is 10.9 Å². The largest absolute Gasteiger partial charge is 0.504 e. The normalized spacial score (nSPS) is 25.0. The minimum absolute atomic E-state index is 0.336. The van der Waals surface area contributed by atoms with Crippen molar-refractivity contribution in [1.29, 1.82) is 0 Å². The van der Waals surface area contributed by atoms with Crippen molar-refractivity contribution in [3.8, 4) is 0 Å². The summed E-state index contributed by atoms with van der Waals surface area (Å²) >= 11 is 0.590. The third-order valence-electron chi connectivity index (χ3n) is 3.74. The molecule has 1 aliphatic rings. The summed E-state index contributed by atoms with van der Waals surface area (Å²) in [5.41, 5.74) is -1.11. The van der Waals surface area contributed by atoms with Crippen molar-refractivity contribution >= 4 is 22.7 Å². The highest BCUT2D eigenvalue weighted by molar-refractivity contribution is 8.17. The van der Waals surface area contributed by atoms with Crippen LogP contribution < -0.4 is 0 Å². The third kappa shape index (κ3) is 4.51. The SMILES string of the molecule is CCCCCCCC[C@@]1(C)SC(=O)/C(=C(/O)C(F)(F)F)C1=O. The van der Waals surface area contributed by atoms with Crippen LogP contribution in [0.4, 0.5) is 13.2 Å². The van der Waals surface area contributed by atoms with Gasteiger partial charge in [-0.1, -0.05) is 57.2 Å². The van der Waals surface area contributed by atoms with Gasteiger partial charge < -0.3 is 5.11 Å². The topological polar surface area (TPSA) is 54.4 Å². The lowest BCUT2D eigenvalue weighted by molar-refractivity contribution is -0.130. The Kier molecular flexibility index (Phi) is 6.52. The highest BCUT2D eigenvalue weighted by Crippen LogP contribution is 2.45. The van der Waals surface area contributed by atoms with E-state index >= 15 is 0 Å². The number of unbranched alkanes of at least 4 members (excludes halogenated alkanes) is 5. The number of carbonyl (C=O) groups is 2. The summed E-state index contributed by atoms with van der Waals surface area (Å²) < 4.78 is 36.3. The van der Waals surface area contributed by atoms with E-state index in [1.807, 2.05) is 0 Å². The third-order valence-corrected chi connectivity index (χ3v) is 4.97. The van der Waals surface area contributed by atoms with Crippen molar-refractivity contribution < 1.29 is 27.9 Å². The summed E-state index contributed by atoms with van der Waals surface area (Å²) in [5, 5.41) is 8.13. The van der Waals surface area contributed by atoms with Crippen LogP contribution in [-0.4, -0.2) is 26.9 Å². The van der Waals surface area contributed by atoms with E-state index in [2.05, 4.69) is 6.92 Å². The first-order chi connectivity index (χ1) is 10.1. The molecule has 0 amide bonds. The van der Waals surface area contributed by atoms with Gasteiger partial charge in [-0.05, 0) is 13.3 Å². The van der Waals surface area contributed by atoms with Crippen molar-refractivity contribution in [3.63, 3.8) is 0 Å². The number of thioether (sulfide) groups is 1. The molecule has 1 saturated heterocycles. The van der Waals surface area contributed by atoms with Gasteiger partial charge >= 0.3 is 6.18 Å². The summed E-state index contributed by atoms with van der Waals surface area (Å²) in [6, 6.07) is 0. The maximum absolute atomic E-state index is 12.5. The second-order valence-electron chi connectivity index (χ2n) is 5.69. The molecule has 22 heavy (non-hydrogen) atoms. The lowest BCUT2D eigenvalue weighted by Crippen LogP contribution is -2.29. The van der Waals surface area contributed by atoms with E-state index in [1.165, 1.54) is 6.92 Å². The molecule has 0 aromatic carbocycles. The molecule has 0 aromatic heterocycles. The molecule has 0 unspecified atom stereocenters. The first-order valence-electron chi connectivity index (χ1n) is 7.42. The fraction of sp³-hybridized carbons (Fsp3) is 0.733. The van der Waals surface area contributed by atoms with E-state index in [1.54, 1.807) is 0 Å². The van der Waals surface area contributed by atoms with Crippen LogP contribution >= 0.6 is 11.8 Å². The number of hydrogen-bond donors (Lipinski definition) is 1. The fourth-order valence-electron chi connectivity index (χ4n) is 2.41. The van der Waals surface area contributed by atoms with Crippen molar-refractivity contribution in [2.75, 3.05) is 0 Å². The highest BCUT2D eigenvalue weighted by Gasteiger charge is 2.52. The monoisotopic (exact) mass is 338 g/mol. The summed E-state index contributed by atoms with van der Waals surface area (Å²) in [7, 11) is 0. The molecular weight excluding hydrogens is 317 g/mol. The van der Waals surface area contributed by atoms with Crippen molar-refractivity contribution in [3.05, 3.63) is 11.3 Å². The molecule has 1 fully saturated rings. The molecule has 1 heterocycles. The average Bonchev–Trinajstić information content (AvgIpc) is 2.63. The Hall–Kier alpha value is -0.980. The zero-order chi connectivity index (χ0) is 17.0. The van der Waals surface area contributed by atoms with E-state index in [9.17, 15) is 22.8 Å². The van der Waals surface area contributed by atoms with Gasteiger partial charge in [-0.25, -0.2) is 0 Å². The maximum Gasteiger partial charge on any atom is 0.449 e. The molecule has 1 aliphatic heterocycles. The number of Topliss-reactive ketones (excluding diaryl/α,β-unsaturated/α-hetero) is 1. The summed E-state index contributed by atoms with van der Waals surface area (Å²) in [6.07, 6.45) is 1.16. The van der Waals surface area contributed by atoms with E-state index in [0.29, 0.717) is 24.6 Å². The van der Waals surface area contributed by atoms with Gasteiger partial charge in [0.15, 0.2) is 5.78 Å². The minimum Gasteiger partial charge on any atom is -0.504 e. The lowest BCUT2D eigenvalue weighted by Gasteiger charge is -2.19. The summed E-state index contributed by atoms with van der Waals surface area (Å²) in [4.78, 5) is 23.8. The molecule has 0 spiro atoms. The van der Waals surface area contributed by atoms with Crippen molar-refractivity contribution in [2.24, 2.45) is 0 Å². The molecule has 7 heteroatoms. The average molecular weight is 338 g/mol. The van der Waals surface area contributed by atoms with Gasteiger partial charge in [0.05, 0.1) is 4.75 Å². The molecule has 1 rings (SSSR count). The van der Waals surface area contributed by atoms with Gasteiger partial charge in [0.1, 0.15) is 5.57 Å². The second kappa shape index (κ2) is 7.53. The number of aliphatic hydroxyl groups excluding tert-OH is 1. The molecule has 126 valence electrons. The molecule has 0 aliphatic carbocycles. The van der Waals surface area contributed by atoms with Crippen LogP contribution in [-0.2, 0) is 9.59 Å². The number of alkyl halides is 3. The van der Waals surface area contributed by atoms with Crippen LogP contribution in [0.25, 0.3) is 0 Å². The summed E-state index contributed by atoms with van der Waals surface area (Å²) in [5.74, 6) is -2.98. The van der Waals surface area contributed by atoms with Gasteiger partial charge in [-0.2, -0.15) is 13.2 Å².